The Morgan fingerprint density at radius 1 is 1.00 bits per heavy atom. The Bertz CT molecular complexity index is 1080. The molecule has 1 nitrogen and oxygen atoms in total. The van der Waals surface area contributed by atoms with Crippen molar-refractivity contribution < 1.29 is 0 Å². The van der Waals surface area contributed by atoms with E-state index in [0.717, 1.165) is 44.9 Å². The first-order valence-corrected chi connectivity index (χ1v) is 13.3. The lowest BCUT2D eigenvalue weighted by Gasteiger charge is -2.51. The highest BCUT2D eigenvalue weighted by atomic mass is 15.2. The molecule has 2 aromatic carbocycles. The molecule has 0 N–H and O–H groups in total. The van der Waals surface area contributed by atoms with E-state index in [1.54, 1.807) is 5.56 Å². The zero-order valence-corrected chi connectivity index (χ0v) is 22.1. The van der Waals surface area contributed by atoms with Gasteiger partial charge in [0.2, 0.25) is 0 Å². The minimum Gasteiger partial charge on any atom is -0.366 e. The number of hydrogen-bond donors (Lipinski definition) is 0. The Labute approximate surface area is 208 Å². The van der Waals surface area contributed by atoms with Crippen LogP contribution >= 0.6 is 0 Å². The van der Waals surface area contributed by atoms with Crippen molar-refractivity contribution in [3.63, 3.8) is 0 Å². The Morgan fingerprint density at radius 2 is 1.74 bits per heavy atom. The number of hydrogen-bond acceptors (Lipinski definition) is 1. The van der Waals surface area contributed by atoms with Crippen molar-refractivity contribution in [1.82, 2.24) is 4.90 Å². The molecule has 1 heteroatoms. The summed E-state index contributed by atoms with van der Waals surface area (Å²) in [6.45, 7) is 20.7. The van der Waals surface area contributed by atoms with Crippen LogP contribution in [0.15, 0.2) is 78.5 Å². The van der Waals surface area contributed by atoms with Crippen molar-refractivity contribution in [2.24, 2.45) is 5.41 Å². The molecular formula is C33H43N. The van der Waals surface area contributed by atoms with Crippen molar-refractivity contribution in [2.45, 2.75) is 91.6 Å². The summed E-state index contributed by atoms with van der Waals surface area (Å²) in [5, 5.41) is 0. The van der Waals surface area contributed by atoms with Crippen LogP contribution in [0.1, 0.15) is 87.7 Å². The second-order valence-electron chi connectivity index (χ2n) is 11.4. The van der Waals surface area contributed by atoms with E-state index < -0.39 is 0 Å². The molecule has 2 aliphatic rings. The molecule has 0 aliphatic carbocycles. The zero-order valence-electron chi connectivity index (χ0n) is 22.1. The number of fused-ring (bicyclic) bond motifs is 3. The summed E-state index contributed by atoms with van der Waals surface area (Å²) >= 11 is 0. The summed E-state index contributed by atoms with van der Waals surface area (Å²) < 4.78 is 0. The van der Waals surface area contributed by atoms with Gasteiger partial charge in [-0.1, -0.05) is 96.7 Å². The first kappa shape index (κ1) is 24.6. The van der Waals surface area contributed by atoms with Crippen LogP contribution in [0.5, 0.6) is 0 Å². The predicted octanol–water partition coefficient (Wildman–Crippen LogP) is 8.55. The molecule has 2 aromatic rings. The highest BCUT2D eigenvalue weighted by Gasteiger charge is 2.41. The average molecular weight is 454 g/mol. The molecule has 0 amide bonds. The van der Waals surface area contributed by atoms with Gasteiger partial charge in [0.1, 0.15) is 0 Å². The first-order chi connectivity index (χ1) is 16.2. The summed E-state index contributed by atoms with van der Waals surface area (Å²) in [6.07, 6.45) is 10.0. The van der Waals surface area contributed by atoms with E-state index in [-0.39, 0.29) is 5.41 Å². The van der Waals surface area contributed by atoms with Gasteiger partial charge < -0.3 is 4.90 Å². The number of benzene rings is 2. The molecule has 0 spiro atoms. The molecule has 2 heterocycles. The summed E-state index contributed by atoms with van der Waals surface area (Å²) in [5.74, 6) is 0. The lowest BCUT2D eigenvalue weighted by Crippen LogP contribution is -2.49. The van der Waals surface area contributed by atoms with Gasteiger partial charge in [0.05, 0.1) is 6.04 Å². The SMILES string of the molecule is C=C(CCC)C1=CN2C(CC1=C)c1cc(CC)c(CCc3ccccc3)cc1CC2C(C)(C)C. The summed E-state index contributed by atoms with van der Waals surface area (Å²) in [4.78, 5) is 2.68. The van der Waals surface area contributed by atoms with Crippen LogP contribution in [-0.2, 0) is 25.7 Å². The van der Waals surface area contributed by atoms with Crippen molar-refractivity contribution in [3.8, 4) is 0 Å². The lowest BCUT2D eigenvalue weighted by atomic mass is 9.72. The fourth-order valence-electron chi connectivity index (χ4n) is 5.93. The van der Waals surface area contributed by atoms with Crippen molar-refractivity contribution in [1.29, 1.82) is 0 Å². The van der Waals surface area contributed by atoms with Crippen LogP contribution in [0.2, 0.25) is 0 Å². The quantitative estimate of drug-likeness (QED) is 0.406. The lowest BCUT2D eigenvalue weighted by molar-refractivity contribution is 0.0867. The molecule has 0 fully saturated rings. The van der Waals surface area contributed by atoms with Gasteiger partial charge in [-0.25, -0.2) is 0 Å². The molecule has 0 radical (unpaired) electrons. The second kappa shape index (κ2) is 9.98. The number of aryl methyl sites for hydroxylation is 3. The minimum atomic E-state index is 0.190. The number of nitrogens with zero attached hydrogens (tertiary/aromatic N) is 1. The molecule has 2 aliphatic heterocycles. The van der Waals surface area contributed by atoms with Gasteiger partial charge in [-0.3, -0.25) is 0 Å². The van der Waals surface area contributed by atoms with Gasteiger partial charge in [0.25, 0.3) is 0 Å². The third-order valence-corrected chi connectivity index (χ3v) is 7.89. The van der Waals surface area contributed by atoms with Gasteiger partial charge >= 0.3 is 0 Å². The molecular weight excluding hydrogens is 410 g/mol. The van der Waals surface area contributed by atoms with Gasteiger partial charge in [0.15, 0.2) is 0 Å². The Hall–Kier alpha value is -2.54. The third-order valence-electron chi connectivity index (χ3n) is 7.89. The predicted molar refractivity (Wildman–Crippen MR) is 147 cm³/mol. The smallest absolute Gasteiger partial charge is 0.0583 e. The molecule has 2 unspecified atom stereocenters. The van der Waals surface area contributed by atoms with Crippen molar-refractivity contribution in [2.75, 3.05) is 0 Å². The molecule has 34 heavy (non-hydrogen) atoms. The van der Waals surface area contributed by atoms with Crippen LogP contribution in [0.4, 0.5) is 0 Å². The highest BCUT2D eigenvalue weighted by Crippen LogP contribution is 2.48. The van der Waals surface area contributed by atoms with Gasteiger partial charge in [0, 0.05) is 12.2 Å². The first-order valence-electron chi connectivity index (χ1n) is 13.3. The highest BCUT2D eigenvalue weighted by molar-refractivity contribution is 5.50. The van der Waals surface area contributed by atoms with Crippen LogP contribution < -0.4 is 0 Å². The van der Waals surface area contributed by atoms with Crippen molar-refractivity contribution in [3.05, 3.63) is 106 Å². The van der Waals surface area contributed by atoms with Crippen LogP contribution in [0.3, 0.4) is 0 Å². The Morgan fingerprint density at radius 3 is 2.38 bits per heavy atom. The zero-order chi connectivity index (χ0) is 24.5. The minimum absolute atomic E-state index is 0.190. The van der Waals surface area contributed by atoms with E-state index in [9.17, 15) is 0 Å². The monoisotopic (exact) mass is 453 g/mol. The Kier molecular flexibility index (Phi) is 7.22. The van der Waals surface area contributed by atoms with E-state index in [2.05, 4.69) is 101 Å². The largest absolute Gasteiger partial charge is 0.366 e. The van der Waals surface area contributed by atoms with Gasteiger partial charge in [-0.15, -0.1) is 0 Å². The second-order valence-corrected chi connectivity index (χ2v) is 11.4. The fraction of sp³-hybridized carbons (Fsp3) is 0.455. The van der Waals surface area contributed by atoms with E-state index >= 15 is 0 Å². The van der Waals surface area contributed by atoms with E-state index in [1.807, 2.05) is 0 Å². The maximum atomic E-state index is 4.52. The van der Waals surface area contributed by atoms with Crippen LogP contribution in [-0.4, -0.2) is 10.9 Å². The molecule has 0 bridgehead atoms. The van der Waals surface area contributed by atoms with E-state index in [1.165, 1.54) is 39.0 Å². The Balaban J connectivity index is 1.73. The molecule has 2 atom stereocenters. The maximum absolute atomic E-state index is 4.52. The number of rotatable bonds is 7. The van der Waals surface area contributed by atoms with Crippen LogP contribution in [0.25, 0.3) is 0 Å². The summed E-state index contributed by atoms with van der Waals surface area (Å²) in [6, 6.07) is 16.9. The van der Waals surface area contributed by atoms with Gasteiger partial charge in [-0.05, 0) is 88.5 Å². The number of allylic oxidation sites excluding steroid dienone is 2. The van der Waals surface area contributed by atoms with Crippen molar-refractivity contribution >= 4 is 0 Å². The van der Waals surface area contributed by atoms with Gasteiger partial charge in [-0.2, -0.15) is 0 Å². The topological polar surface area (TPSA) is 3.24 Å². The third kappa shape index (κ3) is 4.95. The summed E-state index contributed by atoms with van der Waals surface area (Å²) in [5.41, 5.74) is 11.5. The fourth-order valence-corrected chi connectivity index (χ4v) is 5.93. The normalized spacial score (nSPS) is 20.0. The molecule has 0 saturated carbocycles. The van der Waals surface area contributed by atoms with Crippen LogP contribution in [0, 0.1) is 5.41 Å². The summed E-state index contributed by atoms with van der Waals surface area (Å²) in [7, 11) is 0. The maximum Gasteiger partial charge on any atom is 0.0583 e. The van der Waals surface area contributed by atoms with E-state index in [0.29, 0.717) is 12.1 Å². The standard InChI is InChI=1S/C33H43N/c1-8-13-23(3)30-22-34-31(18-24(30)4)29-20-26(9-2)27(17-16-25-14-11-10-12-15-25)19-28(29)21-32(34)33(5,6)7/h10-12,14-15,19-20,22,31-32H,3-4,8-9,13,16-18,21H2,1-2,5-7H3. The molecule has 180 valence electrons. The molecule has 0 saturated heterocycles. The molecule has 4 rings (SSSR count). The average Bonchev–Trinajstić information content (AvgIpc) is 2.81. The molecule has 0 aromatic heterocycles. The van der Waals surface area contributed by atoms with E-state index in [4.69, 9.17) is 0 Å².